The van der Waals surface area contributed by atoms with Crippen LogP contribution in [0, 0.1) is 0 Å². The Morgan fingerprint density at radius 2 is 2.10 bits per heavy atom. The number of halogens is 1. The third kappa shape index (κ3) is 3.05. The van der Waals surface area contributed by atoms with Gasteiger partial charge in [-0.05, 0) is 70.9 Å². The third-order valence-electron chi connectivity index (χ3n) is 3.92. The summed E-state index contributed by atoms with van der Waals surface area (Å²) < 4.78 is 2.93. The molecular formula is C17H19BrN2O. The highest BCUT2D eigenvalue weighted by Crippen LogP contribution is 2.25. The minimum absolute atomic E-state index is 0.0490. The highest BCUT2D eigenvalue weighted by Gasteiger charge is 2.15. The van der Waals surface area contributed by atoms with Crippen molar-refractivity contribution in [1.82, 2.24) is 4.57 Å². The molecular weight excluding hydrogens is 328 g/mol. The van der Waals surface area contributed by atoms with E-state index in [0.29, 0.717) is 5.69 Å². The van der Waals surface area contributed by atoms with Crippen LogP contribution >= 0.6 is 15.9 Å². The van der Waals surface area contributed by atoms with Gasteiger partial charge in [-0.1, -0.05) is 13.0 Å². The summed E-state index contributed by atoms with van der Waals surface area (Å²) in [6.07, 6.45) is 6.47. The van der Waals surface area contributed by atoms with Gasteiger partial charge in [-0.15, -0.1) is 0 Å². The van der Waals surface area contributed by atoms with Crippen molar-refractivity contribution < 1.29 is 4.79 Å². The van der Waals surface area contributed by atoms with Gasteiger partial charge in [-0.2, -0.15) is 0 Å². The molecule has 21 heavy (non-hydrogen) atoms. The Morgan fingerprint density at radius 1 is 1.29 bits per heavy atom. The Kier molecular flexibility index (Phi) is 4.15. The van der Waals surface area contributed by atoms with Crippen LogP contribution in [0.15, 0.2) is 34.9 Å². The maximum atomic E-state index is 12.5. The number of nitrogens with zero attached hydrogens (tertiary/aromatic N) is 1. The van der Waals surface area contributed by atoms with E-state index >= 15 is 0 Å². The number of fused-ring (bicyclic) bond motifs is 1. The molecule has 3 nitrogen and oxygen atoms in total. The summed E-state index contributed by atoms with van der Waals surface area (Å²) >= 11 is 3.45. The van der Waals surface area contributed by atoms with E-state index in [2.05, 4.69) is 40.3 Å². The minimum Gasteiger partial charge on any atom is -0.342 e. The molecule has 110 valence electrons. The number of aryl methyl sites for hydroxylation is 3. The average Bonchev–Trinajstić information content (AvgIpc) is 3.05. The molecule has 2 aromatic rings. The number of hydrogen-bond acceptors (Lipinski definition) is 1. The lowest BCUT2D eigenvalue weighted by Gasteiger charge is -2.10. The fourth-order valence-corrected chi connectivity index (χ4v) is 3.40. The summed E-state index contributed by atoms with van der Waals surface area (Å²) in [6, 6.07) is 8.13. The topological polar surface area (TPSA) is 34.0 Å². The van der Waals surface area contributed by atoms with Gasteiger partial charge in [0.1, 0.15) is 5.69 Å². The van der Waals surface area contributed by atoms with Gasteiger partial charge in [0, 0.05) is 22.9 Å². The van der Waals surface area contributed by atoms with Crippen molar-refractivity contribution in [3.63, 3.8) is 0 Å². The molecule has 0 bridgehead atoms. The Hall–Kier alpha value is -1.55. The molecule has 0 radical (unpaired) electrons. The lowest BCUT2D eigenvalue weighted by atomic mass is 10.1. The fraction of sp³-hybridized carbons (Fsp3) is 0.353. The van der Waals surface area contributed by atoms with Crippen LogP contribution in [0.25, 0.3) is 0 Å². The molecule has 1 amide bonds. The van der Waals surface area contributed by atoms with E-state index in [1.807, 2.05) is 22.9 Å². The van der Waals surface area contributed by atoms with E-state index in [-0.39, 0.29) is 5.91 Å². The fourth-order valence-electron chi connectivity index (χ4n) is 2.94. The molecule has 0 atom stereocenters. The number of nitrogens with one attached hydrogen (secondary N) is 1. The number of rotatable bonds is 4. The molecule has 0 spiro atoms. The van der Waals surface area contributed by atoms with E-state index < -0.39 is 0 Å². The lowest BCUT2D eigenvalue weighted by molar-refractivity contribution is 0.101. The van der Waals surface area contributed by atoms with Crippen LogP contribution in [0.2, 0.25) is 0 Å². The van der Waals surface area contributed by atoms with Gasteiger partial charge in [0.15, 0.2) is 0 Å². The average molecular weight is 347 g/mol. The zero-order valence-corrected chi connectivity index (χ0v) is 13.7. The third-order valence-corrected chi connectivity index (χ3v) is 4.35. The van der Waals surface area contributed by atoms with Crippen LogP contribution in [0.5, 0.6) is 0 Å². The first kappa shape index (κ1) is 14.4. The molecule has 1 N–H and O–H groups in total. The maximum absolute atomic E-state index is 12.5. The van der Waals surface area contributed by atoms with Crippen LogP contribution in [-0.2, 0) is 19.4 Å². The molecule has 4 heteroatoms. The summed E-state index contributed by atoms with van der Waals surface area (Å²) in [5.74, 6) is -0.0490. The smallest absolute Gasteiger partial charge is 0.272 e. The largest absolute Gasteiger partial charge is 0.342 e. The second-order valence-electron chi connectivity index (χ2n) is 5.53. The quantitative estimate of drug-likeness (QED) is 0.874. The van der Waals surface area contributed by atoms with Crippen molar-refractivity contribution in [3.8, 4) is 0 Å². The lowest BCUT2D eigenvalue weighted by Crippen LogP contribution is -2.16. The first-order chi connectivity index (χ1) is 10.2. The van der Waals surface area contributed by atoms with Gasteiger partial charge in [0.2, 0.25) is 0 Å². The zero-order chi connectivity index (χ0) is 14.8. The van der Waals surface area contributed by atoms with Gasteiger partial charge in [0.05, 0.1) is 0 Å². The normalized spacial score (nSPS) is 13.2. The van der Waals surface area contributed by atoms with Crippen molar-refractivity contribution in [1.29, 1.82) is 0 Å². The van der Waals surface area contributed by atoms with Gasteiger partial charge >= 0.3 is 0 Å². The Balaban J connectivity index is 1.80. The van der Waals surface area contributed by atoms with Crippen LogP contribution in [0.3, 0.4) is 0 Å². The summed E-state index contributed by atoms with van der Waals surface area (Å²) in [4.78, 5) is 12.5. The SMILES string of the molecule is CCCn1cc(Br)cc1C(=O)Nc1ccc2c(c1)CCC2. The second kappa shape index (κ2) is 6.06. The number of benzene rings is 1. The molecule has 0 aliphatic heterocycles. The first-order valence-corrected chi connectivity index (χ1v) is 8.25. The second-order valence-corrected chi connectivity index (χ2v) is 6.44. The van der Waals surface area contributed by atoms with Crippen molar-refractivity contribution >= 4 is 27.5 Å². The molecule has 0 saturated carbocycles. The molecule has 1 aliphatic rings. The van der Waals surface area contributed by atoms with E-state index in [1.165, 1.54) is 17.5 Å². The standard InChI is InChI=1S/C17H19BrN2O/c1-2-8-20-11-14(18)10-16(20)17(21)19-15-7-6-12-4-3-5-13(12)9-15/h6-7,9-11H,2-5,8H2,1H3,(H,19,21). The number of aromatic nitrogens is 1. The maximum Gasteiger partial charge on any atom is 0.272 e. The molecule has 0 fully saturated rings. The summed E-state index contributed by atoms with van der Waals surface area (Å²) in [5.41, 5.74) is 4.38. The number of carbonyl (C=O) groups is 1. The summed E-state index contributed by atoms with van der Waals surface area (Å²) in [5, 5.41) is 3.02. The van der Waals surface area contributed by atoms with Crippen molar-refractivity contribution in [2.45, 2.75) is 39.2 Å². The van der Waals surface area contributed by atoms with Gasteiger partial charge in [-0.3, -0.25) is 4.79 Å². The molecule has 1 aromatic heterocycles. The number of hydrogen-bond donors (Lipinski definition) is 1. The van der Waals surface area contributed by atoms with Gasteiger partial charge < -0.3 is 9.88 Å². The van der Waals surface area contributed by atoms with Crippen LogP contribution in [-0.4, -0.2) is 10.5 Å². The molecule has 1 aromatic carbocycles. The number of amides is 1. The van der Waals surface area contributed by atoms with Crippen LogP contribution in [0.4, 0.5) is 5.69 Å². The summed E-state index contributed by atoms with van der Waals surface area (Å²) in [7, 11) is 0. The number of anilines is 1. The van der Waals surface area contributed by atoms with Gasteiger partial charge in [-0.25, -0.2) is 0 Å². The Bertz CT molecular complexity index is 675. The van der Waals surface area contributed by atoms with E-state index in [9.17, 15) is 4.79 Å². The zero-order valence-electron chi connectivity index (χ0n) is 12.2. The van der Waals surface area contributed by atoms with Gasteiger partial charge in [0.25, 0.3) is 5.91 Å². The predicted molar refractivity (Wildman–Crippen MR) is 88.8 cm³/mol. The first-order valence-electron chi connectivity index (χ1n) is 7.46. The molecule has 1 heterocycles. The Labute approximate surface area is 133 Å². The van der Waals surface area contributed by atoms with E-state index in [0.717, 1.165) is 36.0 Å². The summed E-state index contributed by atoms with van der Waals surface area (Å²) in [6.45, 7) is 2.95. The van der Waals surface area contributed by atoms with Crippen LogP contribution < -0.4 is 5.32 Å². The van der Waals surface area contributed by atoms with Crippen molar-refractivity contribution in [2.24, 2.45) is 0 Å². The molecule has 1 aliphatic carbocycles. The molecule has 0 saturated heterocycles. The number of carbonyl (C=O) groups excluding carboxylic acids is 1. The highest BCUT2D eigenvalue weighted by molar-refractivity contribution is 9.10. The Morgan fingerprint density at radius 3 is 2.90 bits per heavy atom. The minimum atomic E-state index is -0.0490. The van der Waals surface area contributed by atoms with Crippen molar-refractivity contribution in [2.75, 3.05) is 5.32 Å². The highest BCUT2D eigenvalue weighted by atomic mass is 79.9. The van der Waals surface area contributed by atoms with Crippen LogP contribution in [0.1, 0.15) is 41.4 Å². The molecule has 0 unspecified atom stereocenters. The van der Waals surface area contributed by atoms with Crippen molar-refractivity contribution in [3.05, 3.63) is 51.8 Å². The van der Waals surface area contributed by atoms with E-state index in [1.54, 1.807) is 0 Å². The predicted octanol–water partition coefficient (Wildman–Crippen LogP) is 4.40. The molecule has 3 rings (SSSR count). The monoisotopic (exact) mass is 346 g/mol. The van der Waals surface area contributed by atoms with E-state index in [4.69, 9.17) is 0 Å².